The van der Waals surface area contributed by atoms with E-state index >= 15 is 0 Å². The van der Waals surface area contributed by atoms with Crippen LogP contribution >= 0.6 is 0 Å². The first-order valence-electron chi connectivity index (χ1n) is 8.93. The van der Waals surface area contributed by atoms with Crippen LogP contribution in [0.3, 0.4) is 0 Å². The molecular formula is C19H25N5O2. The SMILES string of the molecule is CC(C)CNc1nccc(C(=O)Nc2ccccc2N2CCOCC2)n1. The molecule has 2 N–H and O–H groups in total. The summed E-state index contributed by atoms with van der Waals surface area (Å²) in [6.07, 6.45) is 1.60. The Morgan fingerprint density at radius 3 is 2.77 bits per heavy atom. The molecule has 0 bridgehead atoms. The number of anilines is 3. The van der Waals surface area contributed by atoms with E-state index in [4.69, 9.17) is 4.74 Å². The maximum absolute atomic E-state index is 12.7. The molecule has 0 radical (unpaired) electrons. The third-order valence-electron chi connectivity index (χ3n) is 4.06. The lowest BCUT2D eigenvalue weighted by Crippen LogP contribution is -2.36. The number of nitrogens with one attached hydrogen (secondary N) is 2. The molecule has 1 fully saturated rings. The smallest absolute Gasteiger partial charge is 0.274 e. The van der Waals surface area contributed by atoms with E-state index in [0.717, 1.165) is 31.0 Å². The number of rotatable bonds is 6. The Labute approximate surface area is 153 Å². The number of hydrogen-bond donors (Lipinski definition) is 2. The van der Waals surface area contributed by atoms with Crippen LogP contribution in [0.25, 0.3) is 0 Å². The summed E-state index contributed by atoms with van der Waals surface area (Å²) in [5, 5.41) is 6.12. The molecule has 3 rings (SSSR count). The van der Waals surface area contributed by atoms with E-state index in [1.807, 2.05) is 24.3 Å². The fraction of sp³-hybridized carbons (Fsp3) is 0.421. The van der Waals surface area contributed by atoms with Crippen molar-refractivity contribution in [3.05, 3.63) is 42.2 Å². The Morgan fingerprint density at radius 1 is 1.23 bits per heavy atom. The third-order valence-corrected chi connectivity index (χ3v) is 4.06. The Hall–Kier alpha value is -2.67. The highest BCUT2D eigenvalue weighted by Crippen LogP contribution is 2.26. The van der Waals surface area contributed by atoms with Crippen molar-refractivity contribution >= 4 is 23.2 Å². The highest BCUT2D eigenvalue weighted by Gasteiger charge is 2.17. The summed E-state index contributed by atoms with van der Waals surface area (Å²) < 4.78 is 5.41. The van der Waals surface area contributed by atoms with Gasteiger partial charge in [-0.25, -0.2) is 9.97 Å². The normalized spacial score (nSPS) is 14.3. The summed E-state index contributed by atoms with van der Waals surface area (Å²) in [7, 11) is 0. The van der Waals surface area contributed by atoms with Crippen LogP contribution in [0.2, 0.25) is 0 Å². The average molecular weight is 355 g/mol. The van der Waals surface area contributed by atoms with Gasteiger partial charge in [0.2, 0.25) is 5.95 Å². The molecule has 1 saturated heterocycles. The Bertz CT molecular complexity index is 744. The molecular weight excluding hydrogens is 330 g/mol. The molecule has 26 heavy (non-hydrogen) atoms. The van der Waals surface area contributed by atoms with Crippen molar-refractivity contribution in [1.29, 1.82) is 0 Å². The quantitative estimate of drug-likeness (QED) is 0.829. The molecule has 7 nitrogen and oxygen atoms in total. The molecule has 1 aromatic heterocycles. The zero-order chi connectivity index (χ0) is 18.4. The van der Waals surface area contributed by atoms with Crippen LogP contribution in [0.15, 0.2) is 36.5 Å². The van der Waals surface area contributed by atoms with Crippen molar-refractivity contribution in [1.82, 2.24) is 9.97 Å². The molecule has 0 saturated carbocycles. The van der Waals surface area contributed by atoms with Crippen LogP contribution in [0.1, 0.15) is 24.3 Å². The van der Waals surface area contributed by atoms with Gasteiger partial charge in [0, 0.05) is 25.8 Å². The largest absolute Gasteiger partial charge is 0.378 e. The first-order chi connectivity index (χ1) is 12.6. The fourth-order valence-electron chi connectivity index (χ4n) is 2.71. The number of ether oxygens (including phenoxy) is 1. The molecule has 1 aromatic carbocycles. The number of para-hydroxylation sites is 2. The summed E-state index contributed by atoms with van der Waals surface area (Å²) in [5.74, 6) is 0.685. The molecule has 0 atom stereocenters. The molecule has 1 amide bonds. The van der Waals surface area contributed by atoms with Crippen molar-refractivity contribution in [2.75, 3.05) is 48.4 Å². The molecule has 1 aliphatic heterocycles. The molecule has 7 heteroatoms. The maximum atomic E-state index is 12.7. The maximum Gasteiger partial charge on any atom is 0.274 e. The zero-order valence-corrected chi connectivity index (χ0v) is 15.2. The van der Waals surface area contributed by atoms with Crippen molar-refractivity contribution in [3.8, 4) is 0 Å². The lowest BCUT2D eigenvalue weighted by atomic mass is 10.2. The first-order valence-corrected chi connectivity index (χ1v) is 8.93. The average Bonchev–Trinajstić information content (AvgIpc) is 2.68. The highest BCUT2D eigenvalue weighted by atomic mass is 16.5. The van der Waals surface area contributed by atoms with Crippen LogP contribution < -0.4 is 15.5 Å². The Morgan fingerprint density at radius 2 is 2.00 bits per heavy atom. The Kier molecular flexibility index (Phi) is 6.01. The number of amides is 1. The van der Waals surface area contributed by atoms with Gasteiger partial charge in [-0.3, -0.25) is 4.79 Å². The molecule has 0 aliphatic carbocycles. The number of nitrogens with zero attached hydrogens (tertiary/aromatic N) is 3. The minimum absolute atomic E-state index is 0.249. The van der Waals surface area contributed by atoms with Crippen LogP contribution in [-0.4, -0.2) is 48.7 Å². The summed E-state index contributed by atoms with van der Waals surface area (Å²) in [4.78, 5) is 23.4. The van der Waals surface area contributed by atoms with Gasteiger partial charge in [0.15, 0.2) is 0 Å². The number of hydrogen-bond acceptors (Lipinski definition) is 6. The van der Waals surface area contributed by atoms with E-state index in [1.165, 1.54) is 0 Å². The van der Waals surface area contributed by atoms with Crippen molar-refractivity contribution in [3.63, 3.8) is 0 Å². The molecule has 2 aromatic rings. The fourth-order valence-corrected chi connectivity index (χ4v) is 2.71. The second-order valence-corrected chi connectivity index (χ2v) is 6.61. The zero-order valence-electron chi connectivity index (χ0n) is 15.2. The Balaban J connectivity index is 1.73. The van der Waals surface area contributed by atoms with Gasteiger partial charge in [-0.1, -0.05) is 26.0 Å². The van der Waals surface area contributed by atoms with Gasteiger partial charge >= 0.3 is 0 Å². The minimum atomic E-state index is -0.249. The van der Waals surface area contributed by atoms with Crippen molar-refractivity contribution < 1.29 is 9.53 Å². The second kappa shape index (κ2) is 8.62. The number of carbonyl (C=O) groups excluding carboxylic acids is 1. The predicted octanol–water partition coefficient (Wildman–Crippen LogP) is 2.63. The monoisotopic (exact) mass is 355 g/mol. The van der Waals surface area contributed by atoms with Gasteiger partial charge in [-0.05, 0) is 24.1 Å². The molecule has 138 valence electrons. The number of benzene rings is 1. The van der Waals surface area contributed by atoms with Crippen LogP contribution in [-0.2, 0) is 4.74 Å². The van der Waals surface area contributed by atoms with Gasteiger partial charge in [-0.2, -0.15) is 0 Å². The molecule has 0 unspecified atom stereocenters. The van der Waals surface area contributed by atoms with Gasteiger partial charge in [0.05, 0.1) is 24.6 Å². The predicted molar refractivity (Wildman–Crippen MR) is 103 cm³/mol. The van der Waals surface area contributed by atoms with Crippen molar-refractivity contribution in [2.24, 2.45) is 5.92 Å². The van der Waals surface area contributed by atoms with Gasteiger partial charge < -0.3 is 20.3 Å². The van der Waals surface area contributed by atoms with Gasteiger partial charge in [0.25, 0.3) is 5.91 Å². The second-order valence-electron chi connectivity index (χ2n) is 6.61. The first kappa shape index (κ1) is 18.1. The van der Waals surface area contributed by atoms with Gasteiger partial charge in [0.1, 0.15) is 5.69 Å². The number of morpholine rings is 1. The van der Waals surface area contributed by atoms with E-state index in [-0.39, 0.29) is 5.91 Å². The summed E-state index contributed by atoms with van der Waals surface area (Å²) in [5.41, 5.74) is 2.11. The van der Waals surface area contributed by atoms with Crippen molar-refractivity contribution in [2.45, 2.75) is 13.8 Å². The van der Waals surface area contributed by atoms with E-state index in [2.05, 4.69) is 39.3 Å². The van der Waals surface area contributed by atoms with Crippen LogP contribution in [0.5, 0.6) is 0 Å². The third kappa shape index (κ3) is 4.70. The van der Waals surface area contributed by atoms with E-state index < -0.39 is 0 Å². The summed E-state index contributed by atoms with van der Waals surface area (Å²) in [6.45, 7) is 7.97. The van der Waals surface area contributed by atoms with E-state index in [9.17, 15) is 4.79 Å². The lowest BCUT2D eigenvalue weighted by molar-refractivity contribution is 0.102. The van der Waals surface area contributed by atoms with E-state index in [0.29, 0.717) is 30.8 Å². The lowest BCUT2D eigenvalue weighted by Gasteiger charge is -2.30. The summed E-state index contributed by atoms with van der Waals surface area (Å²) >= 11 is 0. The molecule has 2 heterocycles. The molecule has 1 aliphatic rings. The minimum Gasteiger partial charge on any atom is -0.378 e. The number of aromatic nitrogens is 2. The molecule has 0 spiro atoms. The van der Waals surface area contributed by atoms with Crippen LogP contribution in [0, 0.1) is 5.92 Å². The van der Waals surface area contributed by atoms with Gasteiger partial charge in [-0.15, -0.1) is 0 Å². The highest BCUT2D eigenvalue weighted by molar-refractivity contribution is 6.04. The summed E-state index contributed by atoms with van der Waals surface area (Å²) in [6, 6.07) is 9.42. The topological polar surface area (TPSA) is 79.4 Å². The number of carbonyl (C=O) groups is 1. The standard InChI is InChI=1S/C19H25N5O2/c1-14(2)13-21-19-20-8-7-16(23-19)18(25)22-15-5-3-4-6-17(15)24-9-11-26-12-10-24/h3-8,14H,9-13H2,1-2H3,(H,22,25)(H,20,21,23). The van der Waals surface area contributed by atoms with Crippen LogP contribution in [0.4, 0.5) is 17.3 Å². The van der Waals surface area contributed by atoms with E-state index in [1.54, 1.807) is 12.3 Å².